The normalized spacial score (nSPS) is 32.1. The van der Waals surface area contributed by atoms with E-state index in [9.17, 15) is 48.3 Å². The molecule has 13 N–H and O–H groups in total. The highest BCUT2D eigenvalue weighted by atomic mass is 31.2. The van der Waals surface area contributed by atoms with E-state index >= 15 is 4.39 Å². The fraction of sp³-hybridized carbons (Fsp3) is 0.516. The van der Waals surface area contributed by atoms with E-state index in [1.54, 1.807) is 0 Å². The number of phosphoric acid groups is 3. The first kappa shape index (κ1) is 47.5. The molecule has 2 bridgehead atoms. The fourth-order valence-corrected chi connectivity index (χ4v) is 10.6. The number of ether oxygens (including phenoxy) is 4. The van der Waals surface area contributed by atoms with Gasteiger partial charge in [0.1, 0.15) is 72.0 Å². The average Bonchev–Trinajstić information content (AvgIpc) is 4.17. The number of hydrogen-bond acceptors (Lipinski definition) is 26. The molecule has 0 radical (unpaired) electrons. The molecule has 38 heteroatoms. The number of phosphoric ester groups is 3. The molecule has 34 nitrogen and oxygen atoms in total. The molecular formula is C31H37FN15O19P3. The molecule has 0 spiro atoms. The highest BCUT2D eigenvalue weighted by Gasteiger charge is 2.66. The molecule has 14 atom stereocenters. The first-order valence-electron chi connectivity index (χ1n) is 19.8. The van der Waals surface area contributed by atoms with Crippen LogP contribution in [0.25, 0.3) is 33.5 Å². The molecule has 4 aliphatic heterocycles. The Morgan fingerprint density at radius 2 is 1.32 bits per heavy atom. The highest BCUT2D eigenvalue weighted by Crippen LogP contribution is 2.58. The monoisotopic (exact) mass is 1040 g/mol. The van der Waals surface area contributed by atoms with E-state index in [0.29, 0.717) is 0 Å². The van der Waals surface area contributed by atoms with Gasteiger partial charge in [0.15, 0.2) is 58.9 Å². The van der Waals surface area contributed by atoms with Crippen LogP contribution in [0.3, 0.4) is 0 Å². The lowest BCUT2D eigenvalue weighted by Crippen LogP contribution is -2.46. The summed E-state index contributed by atoms with van der Waals surface area (Å²) < 4.78 is 109. The summed E-state index contributed by atoms with van der Waals surface area (Å²) in [6.07, 6.45) is -13.6. The minimum absolute atomic E-state index is 0.0254. The van der Waals surface area contributed by atoms with Crippen molar-refractivity contribution in [3.63, 3.8) is 0 Å². The molecule has 69 heavy (non-hydrogen) atoms. The van der Waals surface area contributed by atoms with Gasteiger partial charge in [-0.2, -0.15) is 4.98 Å². The van der Waals surface area contributed by atoms with E-state index in [1.165, 1.54) is 10.9 Å². The van der Waals surface area contributed by atoms with Crippen LogP contribution in [-0.2, 0) is 55.3 Å². The van der Waals surface area contributed by atoms with Crippen molar-refractivity contribution in [2.45, 2.75) is 73.2 Å². The maximum Gasteiger partial charge on any atom is 0.472 e. The number of halogens is 1. The second-order valence-electron chi connectivity index (χ2n) is 15.7. The molecule has 4 saturated heterocycles. The lowest BCUT2D eigenvalue weighted by Gasteiger charge is -2.32. The fourth-order valence-electron chi connectivity index (χ4n) is 8.28. The average molecular weight is 1040 g/mol. The second kappa shape index (κ2) is 17.3. The van der Waals surface area contributed by atoms with Crippen molar-refractivity contribution in [1.29, 1.82) is 0 Å². The van der Waals surface area contributed by atoms with Crippen molar-refractivity contribution < 1.29 is 89.4 Å². The number of aliphatic hydroxyl groups excluding tert-OH is 2. The van der Waals surface area contributed by atoms with E-state index in [4.69, 9.17) is 54.2 Å². The van der Waals surface area contributed by atoms with E-state index in [2.05, 4.69) is 49.4 Å². The van der Waals surface area contributed by atoms with Crippen LogP contribution in [0.1, 0.15) is 18.7 Å². The Kier molecular flexibility index (Phi) is 11.9. The number of aromatic amines is 1. The van der Waals surface area contributed by atoms with Gasteiger partial charge in [-0.25, -0.2) is 53.0 Å². The summed E-state index contributed by atoms with van der Waals surface area (Å²) in [5.41, 5.74) is 14.5. The molecule has 6 aromatic rings. The Bertz CT molecular complexity index is 3160. The number of hydrogen-bond donors (Lipinski definition) is 10. The summed E-state index contributed by atoms with van der Waals surface area (Å²) in [7, 11) is -16.2. The van der Waals surface area contributed by atoms with E-state index in [1.807, 2.05) is 0 Å². The zero-order chi connectivity index (χ0) is 48.9. The Morgan fingerprint density at radius 3 is 1.97 bits per heavy atom. The quantitative estimate of drug-likeness (QED) is 0.0437. The number of nitrogens with one attached hydrogen (secondary N) is 1. The summed E-state index contributed by atoms with van der Waals surface area (Å²) >= 11 is 0. The molecule has 4 aliphatic rings. The van der Waals surface area contributed by atoms with Crippen molar-refractivity contribution in [1.82, 2.24) is 58.6 Å². The second-order valence-corrected chi connectivity index (χ2v) is 19.8. The predicted octanol–water partition coefficient (Wildman–Crippen LogP) is -2.82. The minimum Gasteiger partial charge on any atom is -0.387 e. The molecule has 10 rings (SSSR count). The summed E-state index contributed by atoms with van der Waals surface area (Å²) in [6.45, 7) is -3.65. The number of aromatic nitrogens is 12. The van der Waals surface area contributed by atoms with Crippen LogP contribution >= 0.6 is 23.5 Å². The Balaban J connectivity index is 0.886. The molecule has 0 aromatic carbocycles. The largest absolute Gasteiger partial charge is 0.472 e. The number of H-pyrrole nitrogens is 1. The minimum atomic E-state index is -5.58. The zero-order valence-corrected chi connectivity index (χ0v) is 37.1. The van der Waals surface area contributed by atoms with Crippen molar-refractivity contribution >= 4 is 74.5 Å². The molecule has 0 aliphatic carbocycles. The summed E-state index contributed by atoms with van der Waals surface area (Å²) in [6, 6.07) is 0. The maximum absolute atomic E-state index is 16.4. The molecule has 4 fully saturated rings. The van der Waals surface area contributed by atoms with Crippen LogP contribution in [0.2, 0.25) is 0 Å². The van der Waals surface area contributed by atoms with Gasteiger partial charge in [0.05, 0.1) is 45.4 Å². The number of nitrogens with zero attached hydrogens (tertiary/aromatic N) is 11. The Hall–Kier alpha value is -5.13. The maximum atomic E-state index is 16.4. The number of nitrogen functional groups attached to an aromatic ring is 3. The van der Waals surface area contributed by atoms with Gasteiger partial charge in [-0.15, -0.1) is 0 Å². The van der Waals surface area contributed by atoms with Gasteiger partial charge in [0.25, 0.3) is 5.56 Å². The van der Waals surface area contributed by atoms with Gasteiger partial charge in [0.2, 0.25) is 5.95 Å². The van der Waals surface area contributed by atoms with Gasteiger partial charge in [0, 0.05) is 0 Å². The number of rotatable bonds is 16. The van der Waals surface area contributed by atoms with Crippen molar-refractivity contribution in [3.8, 4) is 0 Å². The number of alkyl halides is 1. The van der Waals surface area contributed by atoms with E-state index < -0.39 is 129 Å². The van der Waals surface area contributed by atoms with Gasteiger partial charge < -0.3 is 65.9 Å². The number of fused-ring (bicyclic) bond motifs is 5. The number of imidazole rings is 3. The van der Waals surface area contributed by atoms with Gasteiger partial charge in [-0.05, 0) is 0 Å². The van der Waals surface area contributed by atoms with Crippen LogP contribution < -0.4 is 22.8 Å². The van der Waals surface area contributed by atoms with Crippen molar-refractivity contribution in [3.05, 3.63) is 42.0 Å². The third-order valence-electron chi connectivity index (χ3n) is 11.4. The summed E-state index contributed by atoms with van der Waals surface area (Å²) in [4.78, 5) is 87.7. The standard InChI is InChI=1S/C31H37FN15O19P3/c32-12-18(11(2-59-67(51,52)53)63-27(12)45-7-40-13-21(33)36-5-38-23(13)45)65-69(56,57)61-4-31-3-58-19(29(64-31)46-8-41-14-22(34)37-6-39-24(14)46)20(31)66-68(54,55)60-1-10-16(48)17(49)28(62-10)47-9-42-15-25(47)43-30(35)44-26(15)50/h5-12,16-20,27-29,48-49H,1-4H2,(H,54,55)(H,56,57)(H2,33,36,38)(H2,34,37,39)(H2,51,52,53)(H3,35,43,44,50)/t10-,11-,12+,16?,17+,18?,19+,20?,27-,28-,29-,31-/m1/s1. The molecule has 372 valence electrons. The van der Waals surface area contributed by atoms with Crippen molar-refractivity contribution in [2.75, 3.05) is 43.6 Å². The summed E-state index contributed by atoms with van der Waals surface area (Å²) in [5.74, 6) is -0.416. The number of aliphatic hydroxyl groups is 2. The van der Waals surface area contributed by atoms with Gasteiger partial charge >= 0.3 is 23.5 Å². The molecule has 6 aromatic heterocycles. The van der Waals surface area contributed by atoms with Crippen LogP contribution in [0.15, 0.2) is 36.4 Å². The topological polar surface area (TPSA) is 484 Å². The molecule has 5 unspecified atom stereocenters. The van der Waals surface area contributed by atoms with Crippen LogP contribution in [-0.4, -0.2) is 169 Å². The SMILES string of the molecule is Nc1nc2c(ncn2[C@@H]2O[C@H](COP(=O)(O)OC3[C@@H]4OC[C@]3(COP(=O)(O)OC3[C@@H](COP(=O)(O)O)O[C@@H](n5cnc6c(N)ncnc65)[C@H]3F)O[C@H]4n3cnc4c(N)ncnc43)C(O)[C@@H]2O)c(=O)[nH]1. The van der Waals surface area contributed by atoms with E-state index in [0.717, 1.165) is 34.4 Å². The first-order chi connectivity index (χ1) is 32.6. The van der Waals surface area contributed by atoms with Crippen molar-refractivity contribution in [2.24, 2.45) is 0 Å². The predicted molar refractivity (Wildman–Crippen MR) is 219 cm³/mol. The van der Waals surface area contributed by atoms with Gasteiger partial charge in [-0.3, -0.25) is 46.1 Å². The Labute approximate surface area is 380 Å². The third-order valence-corrected chi connectivity index (χ3v) is 13.8. The zero-order valence-electron chi connectivity index (χ0n) is 34.4. The van der Waals surface area contributed by atoms with Crippen LogP contribution in [0.5, 0.6) is 0 Å². The smallest absolute Gasteiger partial charge is 0.387 e. The molecule has 10 heterocycles. The van der Waals surface area contributed by atoms with Crippen LogP contribution in [0, 0.1) is 0 Å². The number of nitrogens with two attached hydrogens (primary N) is 3. The molecular weight excluding hydrogens is 998 g/mol. The summed E-state index contributed by atoms with van der Waals surface area (Å²) in [5, 5.41) is 21.8. The first-order valence-corrected chi connectivity index (χ1v) is 24.3. The van der Waals surface area contributed by atoms with E-state index in [-0.39, 0.29) is 51.1 Å². The third kappa shape index (κ3) is 8.67. The lowest BCUT2D eigenvalue weighted by atomic mass is 10.0. The van der Waals surface area contributed by atoms with Gasteiger partial charge in [-0.1, -0.05) is 0 Å². The van der Waals surface area contributed by atoms with Crippen LogP contribution in [0.4, 0.5) is 22.0 Å². The number of anilines is 3. The highest BCUT2D eigenvalue weighted by molar-refractivity contribution is 7.47. The lowest BCUT2D eigenvalue weighted by molar-refractivity contribution is -0.184. The molecule has 0 amide bonds. The molecule has 0 saturated carbocycles. The Morgan fingerprint density at radius 1 is 0.739 bits per heavy atom.